The van der Waals surface area contributed by atoms with Gasteiger partial charge in [-0.25, -0.2) is 5.48 Å². The van der Waals surface area contributed by atoms with Gasteiger partial charge in [0.15, 0.2) is 0 Å². The Kier molecular flexibility index (Phi) is 8.35. The van der Waals surface area contributed by atoms with Crippen LogP contribution < -0.4 is 10.8 Å². The Morgan fingerprint density at radius 3 is 2.68 bits per heavy atom. The van der Waals surface area contributed by atoms with Crippen LogP contribution in [0.3, 0.4) is 0 Å². The molecule has 1 aromatic carbocycles. The molecule has 0 fully saturated rings. The fourth-order valence-corrected chi connectivity index (χ4v) is 1.87. The highest BCUT2D eigenvalue weighted by Gasteiger charge is 2.21. The minimum atomic E-state index is -0.621. The lowest BCUT2D eigenvalue weighted by atomic mass is 10.0. The van der Waals surface area contributed by atoms with E-state index < -0.39 is 11.8 Å². The average Bonchev–Trinajstić information content (AvgIpc) is 2.56. The normalized spacial score (nSPS) is 11.3. The number of rotatable bonds is 9. The van der Waals surface area contributed by atoms with Gasteiger partial charge in [0.1, 0.15) is 0 Å². The van der Waals surface area contributed by atoms with Gasteiger partial charge in [-0.15, -0.1) is 6.42 Å². The van der Waals surface area contributed by atoms with E-state index in [9.17, 15) is 9.59 Å². The van der Waals surface area contributed by atoms with Crippen LogP contribution in [0.15, 0.2) is 30.3 Å². The molecule has 1 unspecified atom stereocenters. The predicted molar refractivity (Wildman–Crippen MR) is 80.6 cm³/mol. The molecule has 1 rings (SSSR count). The van der Waals surface area contributed by atoms with E-state index in [1.165, 1.54) is 5.48 Å². The van der Waals surface area contributed by atoms with Crippen LogP contribution in [-0.2, 0) is 20.9 Å². The Bertz CT molecular complexity index is 511. The number of hydroxylamine groups is 1. The first-order valence-electron chi connectivity index (χ1n) is 6.93. The third kappa shape index (κ3) is 6.88. The van der Waals surface area contributed by atoms with Crippen LogP contribution >= 0.6 is 0 Å². The Balaban J connectivity index is 2.41. The van der Waals surface area contributed by atoms with Crippen molar-refractivity contribution in [3.8, 4) is 12.3 Å². The number of nitrogens with one attached hydrogen (secondary N) is 2. The molecule has 22 heavy (non-hydrogen) atoms. The quantitative estimate of drug-likeness (QED) is 0.273. The summed E-state index contributed by atoms with van der Waals surface area (Å²) in [6, 6.07) is 9.64. The Morgan fingerprint density at radius 1 is 1.32 bits per heavy atom. The highest BCUT2D eigenvalue weighted by atomic mass is 16.5. The molecule has 0 spiro atoms. The van der Waals surface area contributed by atoms with Crippen molar-refractivity contribution in [3.63, 3.8) is 0 Å². The zero-order chi connectivity index (χ0) is 16.2. The first kappa shape index (κ1) is 17.7. The van der Waals surface area contributed by atoms with Crippen molar-refractivity contribution in [2.24, 2.45) is 5.92 Å². The first-order chi connectivity index (χ1) is 10.7. The number of carbonyl (C=O) groups excluding carboxylic acids is 2. The van der Waals surface area contributed by atoms with Gasteiger partial charge in [0, 0.05) is 18.9 Å². The number of amides is 2. The summed E-state index contributed by atoms with van der Waals surface area (Å²) in [6.45, 7) is 0.856. The van der Waals surface area contributed by atoms with Gasteiger partial charge in [-0.2, -0.15) is 0 Å². The SMILES string of the molecule is C#CCNC(=O)C(CCOCc1ccccc1)CC(=O)NO. The van der Waals surface area contributed by atoms with E-state index in [4.69, 9.17) is 16.4 Å². The van der Waals surface area contributed by atoms with Crippen molar-refractivity contribution < 1.29 is 19.5 Å². The van der Waals surface area contributed by atoms with Crippen molar-refractivity contribution in [1.82, 2.24) is 10.8 Å². The van der Waals surface area contributed by atoms with E-state index in [1.807, 2.05) is 30.3 Å². The molecule has 6 heteroatoms. The maximum absolute atomic E-state index is 11.9. The van der Waals surface area contributed by atoms with Crippen molar-refractivity contribution in [3.05, 3.63) is 35.9 Å². The molecule has 118 valence electrons. The average molecular weight is 304 g/mol. The van der Waals surface area contributed by atoms with Gasteiger partial charge in [0.05, 0.1) is 13.2 Å². The van der Waals surface area contributed by atoms with Crippen LogP contribution in [0.5, 0.6) is 0 Å². The van der Waals surface area contributed by atoms with Crippen LogP contribution in [0.1, 0.15) is 18.4 Å². The van der Waals surface area contributed by atoms with E-state index in [0.29, 0.717) is 19.6 Å². The van der Waals surface area contributed by atoms with E-state index in [2.05, 4.69) is 11.2 Å². The largest absolute Gasteiger partial charge is 0.377 e. The fourth-order valence-electron chi connectivity index (χ4n) is 1.87. The monoisotopic (exact) mass is 304 g/mol. The second-order valence-electron chi connectivity index (χ2n) is 4.68. The molecular formula is C16H20N2O4. The van der Waals surface area contributed by atoms with Crippen molar-refractivity contribution >= 4 is 11.8 Å². The van der Waals surface area contributed by atoms with Crippen LogP contribution in [0, 0.1) is 18.3 Å². The third-order valence-corrected chi connectivity index (χ3v) is 3.01. The summed E-state index contributed by atoms with van der Waals surface area (Å²) in [5.41, 5.74) is 2.55. The molecule has 0 aliphatic heterocycles. The standard InChI is InChI=1S/C16H20N2O4/c1-2-9-17-16(20)14(11-15(19)18-21)8-10-22-12-13-6-4-3-5-7-13/h1,3-7,14,21H,8-12H2,(H,17,20)(H,18,19). The summed E-state index contributed by atoms with van der Waals surface area (Å²) in [6.07, 6.45) is 5.32. The van der Waals surface area contributed by atoms with Crippen LogP contribution in [0.25, 0.3) is 0 Å². The van der Waals surface area contributed by atoms with Gasteiger partial charge in [-0.1, -0.05) is 36.3 Å². The zero-order valence-corrected chi connectivity index (χ0v) is 12.2. The summed E-state index contributed by atoms with van der Waals surface area (Å²) < 4.78 is 5.51. The number of hydrogen-bond acceptors (Lipinski definition) is 4. The number of benzene rings is 1. The van der Waals surface area contributed by atoms with E-state index in [-0.39, 0.29) is 18.9 Å². The maximum atomic E-state index is 11.9. The summed E-state index contributed by atoms with van der Waals surface area (Å²) in [5.74, 6) is 0.746. The van der Waals surface area contributed by atoms with Crippen LogP contribution in [-0.4, -0.2) is 30.2 Å². The molecule has 1 aromatic rings. The van der Waals surface area contributed by atoms with Crippen LogP contribution in [0.4, 0.5) is 0 Å². The fraction of sp³-hybridized carbons (Fsp3) is 0.375. The second kappa shape index (κ2) is 10.4. The van der Waals surface area contributed by atoms with Gasteiger partial charge in [-0.3, -0.25) is 14.8 Å². The van der Waals surface area contributed by atoms with E-state index in [0.717, 1.165) is 5.56 Å². The second-order valence-corrected chi connectivity index (χ2v) is 4.68. The van der Waals surface area contributed by atoms with Gasteiger partial charge >= 0.3 is 0 Å². The summed E-state index contributed by atoms with van der Waals surface area (Å²) >= 11 is 0. The number of terminal acetylenes is 1. The molecule has 0 aliphatic rings. The molecule has 0 saturated heterocycles. The predicted octanol–water partition coefficient (Wildman–Crippen LogP) is 0.854. The lowest BCUT2D eigenvalue weighted by Crippen LogP contribution is -2.35. The Hall–Kier alpha value is -2.36. The van der Waals surface area contributed by atoms with Crippen molar-refractivity contribution in [2.75, 3.05) is 13.2 Å². The summed E-state index contributed by atoms with van der Waals surface area (Å²) in [5, 5.41) is 11.1. The molecule has 0 bridgehead atoms. The molecule has 0 heterocycles. The van der Waals surface area contributed by atoms with Gasteiger partial charge in [0.2, 0.25) is 11.8 Å². The van der Waals surface area contributed by atoms with Crippen molar-refractivity contribution in [1.29, 1.82) is 0 Å². The molecule has 6 nitrogen and oxygen atoms in total. The minimum Gasteiger partial charge on any atom is -0.377 e. The molecule has 1 atom stereocenters. The lowest BCUT2D eigenvalue weighted by Gasteiger charge is -2.15. The summed E-state index contributed by atoms with van der Waals surface area (Å²) in [7, 11) is 0. The lowest BCUT2D eigenvalue weighted by molar-refractivity contribution is -0.135. The molecule has 0 aromatic heterocycles. The third-order valence-electron chi connectivity index (χ3n) is 3.01. The molecule has 0 radical (unpaired) electrons. The maximum Gasteiger partial charge on any atom is 0.244 e. The molecule has 3 N–H and O–H groups in total. The van der Waals surface area contributed by atoms with E-state index in [1.54, 1.807) is 0 Å². The van der Waals surface area contributed by atoms with Gasteiger partial charge < -0.3 is 10.1 Å². The topological polar surface area (TPSA) is 87.7 Å². The number of carbonyl (C=O) groups is 2. The number of hydrogen-bond donors (Lipinski definition) is 3. The van der Waals surface area contributed by atoms with E-state index >= 15 is 0 Å². The smallest absolute Gasteiger partial charge is 0.244 e. The molecular weight excluding hydrogens is 284 g/mol. The molecule has 0 saturated carbocycles. The Morgan fingerprint density at radius 2 is 2.05 bits per heavy atom. The van der Waals surface area contributed by atoms with Gasteiger partial charge in [-0.05, 0) is 12.0 Å². The molecule has 0 aliphatic carbocycles. The van der Waals surface area contributed by atoms with Crippen LogP contribution in [0.2, 0.25) is 0 Å². The highest BCUT2D eigenvalue weighted by molar-refractivity contribution is 5.85. The van der Waals surface area contributed by atoms with Crippen molar-refractivity contribution in [2.45, 2.75) is 19.4 Å². The minimum absolute atomic E-state index is 0.0982. The van der Waals surface area contributed by atoms with Gasteiger partial charge in [0.25, 0.3) is 0 Å². The first-order valence-corrected chi connectivity index (χ1v) is 6.93. The molecule has 2 amide bonds. The highest BCUT2D eigenvalue weighted by Crippen LogP contribution is 2.10. The number of ether oxygens (including phenoxy) is 1. The zero-order valence-electron chi connectivity index (χ0n) is 12.2. The Labute approximate surface area is 129 Å². The summed E-state index contributed by atoms with van der Waals surface area (Å²) in [4.78, 5) is 23.1.